The number of benzene rings is 1. The molecule has 1 fully saturated rings. The molecule has 0 heterocycles. The van der Waals surface area contributed by atoms with Gasteiger partial charge in [0.15, 0.2) is 17.5 Å². The van der Waals surface area contributed by atoms with Gasteiger partial charge in [-0.3, -0.25) is 4.99 Å². The van der Waals surface area contributed by atoms with E-state index in [0.717, 1.165) is 37.2 Å². The highest BCUT2D eigenvalue weighted by Crippen LogP contribution is 2.29. The van der Waals surface area contributed by atoms with Crippen molar-refractivity contribution in [2.75, 3.05) is 46.7 Å². The lowest BCUT2D eigenvalue weighted by Crippen LogP contribution is -2.37. The van der Waals surface area contributed by atoms with Crippen LogP contribution in [0.5, 0.6) is 11.5 Å². The van der Waals surface area contributed by atoms with Gasteiger partial charge in [0.25, 0.3) is 0 Å². The molecule has 0 amide bonds. The van der Waals surface area contributed by atoms with Crippen molar-refractivity contribution < 1.29 is 9.47 Å². The van der Waals surface area contributed by atoms with Crippen LogP contribution in [-0.2, 0) is 0 Å². The molecule has 0 atom stereocenters. The Morgan fingerprint density at radius 2 is 1.88 bits per heavy atom. The topological polar surface area (TPSA) is 58.1 Å². The first kappa shape index (κ1) is 20.4. The highest BCUT2D eigenvalue weighted by atomic mass is 16.5. The van der Waals surface area contributed by atoms with Crippen LogP contribution < -0.4 is 20.1 Å². The summed E-state index contributed by atoms with van der Waals surface area (Å²) in [6.45, 7) is 2.01. The Kier molecular flexibility index (Phi) is 8.54. The van der Waals surface area contributed by atoms with E-state index in [1.165, 1.54) is 32.1 Å². The first-order valence-corrected chi connectivity index (χ1v) is 9.58. The lowest BCUT2D eigenvalue weighted by Gasteiger charge is -2.31. The second-order valence-corrected chi connectivity index (χ2v) is 6.82. The van der Waals surface area contributed by atoms with E-state index in [-0.39, 0.29) is 0 Å². The van der Waals surface area contributed by atoms with Crippen molar-refractivity contribution in [1.29, 1.82) is 0 Å². The largest absolute Gasteiger partial charge is 0.493 e. The third-order valence-electron chi connectivity index (χ3n) is 5.05. The fourth-order valence-electron chi connectivity index (χ4n) is 3.47. The van der Waals surface area contributed by atoms with Crippen LogP contribution in [0.1, 0.15) is 38.5 Å². The molecule has 1 aromatic carbocycles. The maximum Gasteiger partial charge on any atom is 0.195 e. The summed E-state index contributed by atoms with van der Waals surface area (Å²) in [5.41, 5.74) is 0.912. The lowest BCUT2D eigenvalue weighted by atomic mass is 9.94. The Bertz CT molecular complexity index is 571. The van der Waals surface area contributed by atoms with Crippen LogP contribution in [0.25, 0.3) is 0 Å². The molecule has 26 heavy (non-hydrogen) atoms. The van der Waals surface area contributed by atoms with Crippen LogP contribution in [0.4, 0.5) is 5.69 Å². The van der Waals surface area contributed by atoms with Crippen molar-refractivity contribution in [3.8, 4) is 11.5 Å². The van der Waals surface area contributed by atoms with Crippen LogP contribution >= 0.6 is 0 Å². The number of nitrogens with zero attached hydrogens (tertiary/aromatic N) is 2. The minimum absolute atomic E-state index is 0.696. The van der Waals surface area contributed by atoms with Gasteiger partial charge in [-0.15, -0.1) is 0 Å². The number of anilines is 1. The molecule has 1 aliphatic carbocycles. The molecule has 1 aromatic rings. The summed E-state index contributed by atoms with van der Waals surface area (Å²) in [4.78, 5) is 6.82. The van der Waals surface area contributed by atoms with Crippen molar-refractivity contribution in [3.63, 3.8) is 0 Å². The summed E-state index contributed by atoms with van der Waals surface area (Å²) < 4.78 is 10.6. The molecule has 146 valence electrons. The lowest BCUT2D eigenvalue weighted by molar-refractivity contribution is 0.190. The highest BCUT2D eigenvalue weighted by molar-refractivity contribution is 5.93. The number of hydrogen-bond donors (Lipinski definition) is 2. The first-order chi connectivity index (χ1) is 12.7. The molecule has 0 unspecified atom stereocenters. The van der Waals surface area contributed by atoms with Crippen LogP contribution in [0.2, 0.25) is 0 Å². The summed E-state index contributed by atoms with van der Waals surface area (Å²) >= 11 is 0. The Morgan fingerprint density at radius 3 is 2.54 bits per heavy atom. The van der Waals surface area contributed by atoms with E-state index < -0.39 is 0 Å². The summed E-state index contributed by atoms with van der Waals surface area (Å²) in [6, 6.07) is 6.51. The monoisotopic (exact) mass is 362 g/mol. The minimum atomic E-state index is 0.696. The summed E-state index contributed by atoms with van der Waals surface area (Å²) in [6.07, 6.45) is 7.98. The average Bonchev–Trinajstić information content (AvgIpc) is 2.70. The molecule has 0 aromatic heterocycles. The van der Waals surface area contributed by atoms with Gasteiger partial charge in [0.1, 0.15) is 0 Å². The van der Waals surface area contributed by atoms with Crippen LogP contribution in [0.15, 0.2) is 23.2 Å². The number of methoxy groups -OCH3 is 2. The molecule has 0 bridgehead atoms. The van der Waals surface area contributed by atoms with Crippen molar-refractivity contribution >= 4 is 11.6 Å². The first-order valence-electron chi connectivity index (χ1n) is 9.58. The molecule has 6 heteroatoms. The van der Waals surface area contributed by atoms with Crippen molar-refractivity contribution in [1.82, 2.24) is 10.2 Å². The SMILES string of the molecule is CN=C(NCCCN(C)C1CCCCC1)Nc1ccc(OC)c(OC)c1. The van der Waals surface area contributed by atoms with Gasteiger partial charge in [-0.1, -0.05) is 19.3 Å². The van der Waals surface area contributed by atoms with Gasteiger partial charge in [-0.25, -0.2) is 0 Å². The smallest absolute Gasteiger partial charge is 0.195 e. The molecular weight excluding hydrogens is 328 g/mol. The molecular formula is C20H34N4O2. The number of aliphatic imine (C=N–C) groups is 1. The summed E-state index contributed by atoms with van der Waals surface area (Å²) in [7, 11) is 7.31. The van der Waals surface area contributed by atoms with E-state index in [0.29, 0.717) is 11.5 Å². The van der Waals surface area contributed by atoms with Gasteiger partial charge in [0.05, 0.1) is 14.2 Å². The summed E-state index contributed by atoms with van der Waals surface area (Å²) in [5.74, 6) is 2.17. The second-order valence-electron chi connectivity index (χ2n) is 6.82. The predicted molar refractivity (Wildman–Crippen MR) is 109 cm³/mol. The van der Waals surface area contributed by atoms with Crippen LogP contribution in [-0.4, -0.2) is 58.3 Å². The molecule has 0 radical (unpaired) electrons. The quantitative estimate of drug-likeness (QED) is 0.422. The normalized spacial score (nSPS) is 15.8. The minimum Gasteiger partial charge on any atom is -0.493 e. The van der Waals surface area contributed by atoms with E-state index >= 15 is 0 Å². The van der Waals surface area contributed by atoms with Crippen LogP contribution in [0.3, 0.4) is 0 Å². The Balaban J connectivity index is 1.75. The molecule has 6 nitrogen and oxygen atoms in total. The molecule has 0 spiro atoms. The fraction of sp³-hybridized carbons (Fsp3) is 0.650. The average molecular weight is 363 g/mol. The van der Waals surface area contributed by atoms with Gasteiger partial charge < -0.3 is 25.0 Å². The van der Waals surface area contributed by atoms with Crippen molar-refractivity contribution in [2.45, 2.75) is 44.6 Å². The molecule has 0 aliphatic heterocycles. The zero-order valence-electron chi connectivity index (χ0n) is 16.7. The van der Waals surface area contributed by atoms with Gasteiger partial charge in [-0.2, -0.15) is 0 Å². The summed E-state index contributed by atoms with van der Waals surface area (Å²) in [5, 5.41) is 6.68. The Hall–Kier alpha value is -1.95. The highest BCUT2D eigenvalue weighted by Gasteiger charge is 2.17. The van der Waals surface area contributed by atoms with Gasteiger partial charge in [0.2, 0.25) is 0 Å². The number of guanidine groups is 1. The van der Waals surface area contributed by atoms with E-state index in [4.69, 9.17) is 9.47 Å². The molecule has 0 saturated heterocycles. The van der Waals surface area contributed by atoms with E-state index in [2.05, 4.69) is 27.6 Å². The number of ether oxygens (including phenoxy) is 2. The van der Waals surface area contributed by atoms with E-state index in [1.807, 2.05) is 18.2 Å². The number of hydrogen-bond acceptors (Lipinski definition) is 4. The van der Waals surface area contributed by atoms with Crippen molar-refractivity contribution in [3.05, 3.63) is 18.2 Å². The Morgan fingerprint density at radius 1 is 1.15 bits per heavy atom. The number of nitrogens with one attached hydrogen (secondary N) is 2. The number of rotatable bonds is 8. The molecule has 2 N–H and O–H groups in total. The standard InChI is InChI=1S/C20H34N4O2/c1-21-20(23-16-11-12-18(25-3)19(15-16)26-4)22-13-8-14-24(2)17-9-6-5-7-10-17/h11-12,15,17H,5-10,13-14H2,1-4H3,(H2,21,22,23). The second kappa shape index (κ2) is 10.9. The maximum atomic E-state index is 5.34. The van der Waals surface area contributed by atoms with Gasteiger partial charge >= 0.3 is 0 Å². The predicted octanol–water partition coefficient (Wildman–Crippen LogP) is 3.35. The Labute approximate surface area is 158 Å². The zero-order valence-corrected chi connectivity index (χ0v) is 16.7. The fourth-order valence-corrected chi connectivity index (χ4v) is 3.47. The van der Waals surface area contributed by atoms with Crippen LogP contribution in [0, 0.1) is 0 Å². The molecule has 1 saturated carbocycles. The zero-order chi connectivity index (χ0) is 18.8. The van der Waals surface area contributed by atoms with Gasteiger partial charge in [0, 0.05) is 31.4 Å². The van der Waals surface area contributed by atoms with E-state index in [1.54, 1.807) is 21.3 Å². The third-order valence-corrected chi connectivity index (χ3v) is 5.05. The third kappa shape index (κ3) is 6.09. The molecule has 2 rings (SSSR count). The van der Waals surface area contributed by atoms with E-state index in [9.17, 15) is 0 Å². The van der Waals surface area contributed by atoms with Crippen molar-refractivity contribution in [2.24, 2.45) is 4.99 Å². The molecule has 1 aliphatic rings. The maximum absolute atomic E-state index is 5.34. The van der Waals surface area contributed by atoms with Gasteiger partial charge in [-0.05, 0) is 45.0 Å².